The highest BCUT2D eigenvalue weighted by Crippen LogP contribution is 2.14. The summed E-state index contributed by atoms with van der Waals surface area (Å²) in [5.74, 6) is 0. The summed E-state index contributed by atoms with van der Waals surface area (Å²) in [5.41, 5.74) is -2.07. The van der Waals surface area contributed by atoms with Gasteiger partial charge in [0.15, 0.2) is 0 Å². The summed E-state index contributed by atoms with van der Waals surface area (Å²) in [5, 5.41) is 30.3. The Bertz CT molecular complexity index is 775. The molecule has 0 amide bonds. The summed E-state index contributed by atoms with van der Waals surface area (Å²) >= 11 is 0. The van der Waals surface area contributed by atoms with Crippen LogP contribution in [0.3, 0.4) is 0 Å². The van der Waals surface area contributed by atoms with Crippen LogP contribution < -0.4 is 4.43 Å². The van der Waals surface area contributed by atoms with Crippen molar-refractivity contribution in [3.63, 3.8) is 0 Å². The van der Waals surface area contributed by atoms with E-state index in [1.807, 2.05) is 0 Å². The number of aliphatic hydroxyl groups is 2. The smallest absolute Gasteiger partial charge is 0.286 e. The molecule has 6 heteroatoms. The van der Waals surface area contributed by atoms with Gasteiger partial charge in [0.1, 0.15) is 17.8 Å². The number of hydrogen-bond acceptors (Lipinski definition) is 4. The Balaban J connectivity index is 3.21. The van der Waals surface area contributed by atoms with Crippen LogP contribution in [0.1, 0.15) is 16.9 Å². The third-order valence-electron chi connectivity index (χ3n) is 2.18. The first-order valence-corrected chi connectivity index (χ1v) is 4.35. The molecular weight excluding hydrogens is 212 g/mol. The second-order valence-electron chi connectivity index (χ2n) is 3.00. The topological polar surface area (TPSA) is 91.4 Å². The van der Waals surface area contributed by atoms with Gasteiger partial charge >= 0.3 is 0 Å². The van der Waals surface area contributed by atoms with Crippen molar-refractivity contribution >= 4 is 11.0 Å². The van der Waals surface area contributed by atoms with Crippen LogP contribution in [0, 0.1) is 10.1 Å². The molecule has 0 saturated carbocycles. The van der Waals surface area contributed by atoms with E-state index in [9.17, 15) is 10.1 Å². The van der Waals surface area contributed by atoms with Gasteiger partial charge in [-0.25, -0.2) is 0 Å². The Morgan fingerprint density at radius 1 is 1.38 bits per heavy atom. The van der Waals surface area contributed by atoms with Crippen LogP contribution in [0.5, 0.6) is 0 Å². The third kappa shape index (κ3) is 1.36. The van der Waals surface area contributed by atoms with Crippen molar-refractivity contribution in [2.24, 2.45) is 0 Å². The molecule has 0 bridgehead atoms. The molecule has 2 rings (SSSR count). The van der Waals surface area contributed by atoms with Crippen molar-refractivity contribution in [2.45, 2.75) is 13.2 Å². The maximum absolute atomic E-state index is 12.1. The first-order chi connectivity index (χ1) is 9.36. The molecule has 1 heterocycles. The van der Waals surface area contributed by atoms with Crippen LogP contribution in [0.25, 0.3) is 11.0 Å². The number of rotatable bonds is 2. The monoisotopic (exact) mass is 226 g/mol. The SMILES string of the molecule is [2H]c1c([2H])c([2H])c2c(c1[2H])n([O-])c(CO)c(CO)[n+]2=O. The Labute approximate surface area is 95.8 Å². The van der Waals surface area contributed by atoms with Crippen LogP contribution in [0.15, 0.2) is 24.2 Å². The van der Waals surface area contributed by atoms with E-state index in [2.05, 4.69) is 0 Å². The van der Waals surface area contributed by atoms with E-state index in [1.165, 1.54) is 0 Å². The summed E-state index contributed by atoms with van der Waals surface area (Å²) in [4.78, 5) is 12.1. The van der Waals surface area contributed by atoms with Crippen molar-refractivity contribution in [1.82, 2.24) is 4.73 Å². The van der Waals surface area contributed by atoms with Crippen molar-refractivity contribution in [3.8, 4) is 0 Å². The van der Waals surface area contributed by atoms with E-state index in [1.54, 1.807) is 0 Å². The van der Waals surface area contributed by atoms with Crippen LogP contribution in [-0.4, -0.2) is 14.9 Å². The minimum absolute atomic E-state index is 0.0488. The number of fused-ring (bicyclic) bond motifs is 1. The van der Waals surface area contributed by atoms with Crippen LogP contribution in [0.2, 0.25) is 0 Å². The fourth-order valence-corrected chi connectivity index (χ4v) is 1.41. The normalized spacial score (nSPS) is 14.4. The standard InChI is InChI=1S/C10H10N2O4/c13-5-9-10(6-14)12(16)8-4-2-1-3-7(8)11(9)15/h1-4,13-14H,5-6H2/i1D,2D,3D,4D. The van der Waals surface area contributed by atoms with Gasteiger partial charge in [-0.05, 0) is 6.04 Å². The first-order valence-electron chi connectivity index (χ1n) is 6.35. The molecule has 2 N–H and O–H groups in total. The number of aromatic nitrogens is 2. The quantitative estimate of drug-likeness (QED) is 0.699. The summed E-state index contributed by atoms with van der Waals surface area (Å²) in [6.07, 6.45) is 0. The zero-order chi connectivity index (χ0) is 15.2. The van der Waals surface area contributed by atoms with E-state index >= 15 is 0 Å². The molecular formula is C10H10N2O4. The molecule has 0 aliphatic heterocycles. The number of hydrogen-bond donors (Lipinski definition) is 2. The fourth-order valence-electron chi connectivity index (χ4n) is 1.41. The van der Waals surface area contributed by atoms with Crippen molar-refractivity contribution in [2.75, 3.05) is 0 Å². The Kier molecular flexibility index (Phi) is 1.62. The largest absolute Gasteiger partial charge is 0.805 e. The lowest BCUT2D eigenvalue weighted by Crippen LogP contribution is -2.28. The molecule has 16 heavy (non-hydrogen) atoms. The van der Waals surface area contributed by atoms with Gasteiger partial charge in [-0.1, -0.05) is 12.1 Å². The highest BCUT2D eigenvalue weighted by Gasteiger charge is 2.20. The molecule has 0 aliphatic carbocycles. The van der Waals surface area contributed by atoms with Crippen molar-refractivity contribution in [1.29, 1.82) is 0 Å². The zero-order valence-electron chi connectivity index (χ0n) is 12.0. The third-order valence-corrected chi connectivity index (χ3v) is 2.18. The van der Waals surface area contributed by atoms with Gasteiger partial charge in [-0.2, -0.15) is 0 Å². The van der Waals surface area contributed by atoms with Gasteiger partial charge in [0.05, 0.1) is 16.5 Å². The maximum Gasteiger partial charge on any atom is 0.286 e. The molecule has 0 fully saturated rings. The van der Waals surface area contributed by atoms with Gasteiger partial charge in [0, 0.05) is 10.9 Å². The molecule has 1 aromatic carbocycles. The molecule has 0 atom stereocenters. The average molecular weight is 226 g/mol. The minimum Gasteiger partial charge on any atom is -0.805 e. The maximum atomic E-state index is 12.1. The summed E-state index contributed by atoms with van der Waals surface area (Å²) in [6, 6.07) is -2.68. The molecule has 84 valence electrons. The van der Waals surface area contributed by atoms with Gasteiger partial charge in [0.25, 0.3) is 11.2 Å². The average Bonchev–Trinajstić information content (AvgIpc) is 2.43. The lowest BCUT2D eigenvalue weighted by molar-refractivity contribution is -0.480. The molecule has 0 saturated heterocycles. The van der Waals surface area contributed by atoms with E-state index in [0.29, 0.717) is 0 Å². The lowest BCUT2D eigenvalue weighted by Gasteiger charge is -2.16. The second kappa shape index (κ2) is 3.92. The number of para-hydroxylation sites is 2. The Hall–Kier alpha value is -1.92. The van der Waals surface area contributed by atoms with Crippen molar-refractivity contribution < 1.29 is 20.1 Å². The van der Waals surface area contributed by atoms with E-state index in [0.717, 1.165) is 0 Å². The number of nitrogens with zero attached hydrogens (tertiary/aromatic N) is 2. The lowest BCUT2D eigenvalue weighted by atomic mass is 10.2. The van der Waals surface area contributed by atoms with Crippen LogP contribution in [-0.2, 0) is 13.2 Å². The predicted octanol–water partition coefficient (Wildman–Crippen LogP) is -0.114. The minimum atomic E-state index is -0.847. The van der Waals surface area contributed by atoms with Gasteiger partial charge in [-0.3, -0.25) is 0 Å². The van der Waals surface area contributed by atoms with Gasteiger partial charge in [-0.15, -0.1) is 0 Å². The van der Waals surface area contributed by atoms with Crippen LogP contribution >= 0.6 is 0 Å². The number of benzene rings is 1. The molecule has 2 aromatic rings. The second-order valence-corrected chi connectivity index (χ2v) is 3.00. The van der Waals surface area contributed by atoms with E-state index in [4.69, 9.17) is 15.7 Å². The number of aliphatic hydroxyl groups excluding tert-OH is 2. The zero-order valence-corrected chi connectivity index (χ0v) is 8.02. The highest BCUT2D eigenvalue weighted by molar-refractivity contribution is 5.72. The molecule has 0 aliphatic rings. The molecule has 6 nitrogen and oxygen atoms in total. The van der Waals surface area contributed by atoms with Gasteiger partial charge in [0.2, 0.25) is 0 Å². The molecule has 0 radical (unpaired) electrons. The Morgan fingerprint density at radius 2 is 2.06 bits per heavy atom. The highest BCUT2D eigenvalue weighted by atomic mass is 16.5. The molecule has 0 spiro atoms. The summed E-state index contributed by atoms with van der Waals surface area (Å²) in [7, 11) is 0. The Morgan fingerprint density at radius 3 is 2.69 bits per heavy atom. The summed E-state index contributed by atoms with van der Waals surface area (Å²) < 4.78 is 30.4. The summed E-state index contributed by atoms with van der Waals surface area (Å²) in [6.45, 7) is -1.69. The van der Waals surface area contributed by atoms with Crippen LogP contribution in [0.4, 0.5) is 0 Å². The molecule has 0 unspecified atom stereocenters. The predicted molar refractivity (Wildman–Crippen MR) is 55.9 cm³/mol. The van der Waals surface area contributed by atoms with E-state index < -0.39 is 59.8 Å². The van der Waals surface area contributed by atoms with Gasteiger partial charge < -0.3 is 20.2 Å². The molecule has 1 aromatic heterocycles. The fraction of sp³-hybridized carbons (Fsp3) is 0.200. The first kappa shape index (κ1) is 6.62. The van der Waals surface area contributed by atoms with E-state index in [-0.39, 0.29) is 9.16 Å². The van der Waals surface area contributed by atoms with Crippen molar-refractivity contribution in [3.05, 3.63) is 45.7 Å².